The van der Waals surface area contributed by atoms with E-state index in [-0.39, 0.29) is 11.6 Å². The Bertz CT molecular complexity index is 825. The Balaban J connectivity index is 1.80. The van der Waals surface area contributed by atoms with Crippen molar-refractivity contribution in [2.24, 2.45) is 0 Å². The first-order chi connectivity index (χ1) is 11.1. The van der Waals surface area contributed by atoms with E-state index in [1.165, 1.54) is 0 Å². The number of halogens is 1. The van der Waals surface area contributed by atoms with Crippen molar-refractivity contribution < 1.29 is 14.3 Å². The Hall–Kier alpha value is -2.17. The van der Waals surface area contributed by atoms with Crippen LogP contribution in [0.5, 0.6) is 0 Å². The minimum absolute atomic E-state index is 0.124. The number of hydrogen-bond acceptors (Lipinski definition) is 4. The number of benzene rings is 2. The molecule has 0 unspecified atom stereocenters. The number of fused-ring (bicyclic) bond motifs is 2. The molecule has 0 amide bonds. The first kappa shape index (κ1) is 14.4. The summed E-state index contributed by atoms with van der Waals surface area (Å²) in [6.07, 6.45) is 0. The van der Waals surface area contributed by atoms with Gasteiger partial charge in [-0.1, -0.05) is 11.6 Å². The van der Waals surface area contributed by atoms with Crippen LogP contribution in [0.4, 0.5) is 5.69 Å². The fraction of sp³-hybridized carbons (Fsp3) is 0.222. The van der Waals surface area contributed by atoms with Crippen LogP contribution in [0, 0.1) is 0 Å². The first-order valence-electron chi connectivity index (χ1n) is 7.51. The fourth-order valence-corrected chi connectivity index (χ4v) is 3.30. The van der Waals surface area contributed by atoms with Gasteiger partial charge < -0.3 is 9.64 Å². The minimum atomic E-state index is -0.148. The van der Waals surface area contributed by atoms with Gasteiger partial charge in [0.25, 0.3) is 0 Å². The Kier molecular flexibility index (Phi) is 3.43. The number of carbonyl (C=O) groups is 2. The Morgan fingerprint density at radius 2 is 1.43 bits per heavy atom. The van der Waals surface area contributed by atoms with Crippen LogP contribution in [-0.4, -0.2) is 37.9 Å². The van der Waals surface area contributed by atoms with Crippen LogP contribution in [0.3, 0.4) is 0 Å². The van der Waals surface area contributed by atoms with Crippen molar-refractivity contribution in [3.05, 3.63) is 63.7 Å². The molecular weight excluding hydrogens is 314 g/mol. The van der Waals surface area contributed by atoms with Crippen molar-refractivity contribution >= 4 is 28.9 Å². The van der Waals surface area contributed by atoms with Crippen LogP contribution in [0.2, 0.25) is 5.02 Å². The molecule has 1 heterocycles. The number of ether oxygens (including phenoxy) is 1. The third kappa shape index (κ3) is 2.35. The van der Waals surface area contributed by atoms with Crippen LogP contribution in [-0.2, 0) is 4.74 Å². The van der Waals surface area contributed by atoms with E-state index in [1.54, 1.807) is 24.3 Å². The monoisotopic (exact) mass is 327 g/mol. The molecule has 0 aromatic heterocycles. The van der Waals surface area contributed by atoms with Gasteiger partial charge in [0, 0.05) is 46.1 Å². The predicted octanol–water partition coefficient (Wildman–Crippen LogP) is 2.95. The Morgan fingerprint density at radius 1 is 0.826 bits per heavy atom. The molecule has 0 atom stereocenters. The lowest BCUT2D eigenvalue weighted by Crippen LogP contribution is -2.36. The smallest absolute Gasteiger partial charge is 0.194 e. The van der Waals surface area contributed by atoms with Crippen LogP contribution in [0.1, 0.15) is 31.8 Å². The zero-order valence-corrected chi connectivity index (χ0v) is 13.1. The van der Waals surface area contributed by atoms with Gasteiger partial charge in [0.05, 0.1) is 13.2 Å². The van der Waals surface area contributed by atoms with Gasteiger partial charge in [0.1, 0.15) is 0 Å². The van der Waals surface area contributed by atoms with Crippen molar-refractivity contribution in [3.8, 4) is 0 Å². The average Bonchev–Trinajstić information content (AvgIpc) is 2.60. The summed E-state index contributed by atoms with van der Waals surface area (Å²) in [5, 5.41) is 0.457. The van der Waals surface area contributed by atoms with E-state index in [9.17, 15) is 9.59 Å². The zero-order chi connectivity index (χ0) is 16.0. The van der Waals surface area contributed by atoms with Gasteiger partial charge in [-0.25, -0.2) is 0 Å². The fourth-order valence-electron chi connectivity index (χ4n) is 3.13. The molecule has 116 valence electrons. The van der Waals surface area contributed by atoms with E-state index in [0.717, 1.165) is 18.8 Å². The van der Waals surface area contributed by atoms with Crippen molar-refractivity contribution in [2.45, 2.75) is 0 Å². The van der Waals surface area contributed by atoms with Gasteiger partial charge in [-0.15, -0.1) is 0 Å². The summed E-state index contributed by atoms with van der Waals surface area (Å²) in [6, 6.07) is 10.3. The third-order valence-corrected chi connectivity index (χ3v) is 4.57. The van der Waals surface area contributed by atoms with Gasteiger partial charge in [-0.05, 0) is 36.4 Å². The topological polar surface area (TPSA) is 46.6 Å². The summed E-state index contributed by atoms with van der Waals surface area (Å²) in [4.78, 5) is 27.6. The van der Waals surface area contributed by atoms with Gasteiger partial charge in [0.15, 0.2) is 11.6 Å². The van der Waals surface area contributed by atoms with Gasteiger partial charge in [0.2, 0.25) is 0 Å². The van der Waals surface area contributed by atoms with Crippen LogP contribution in [0.15, 0.2) is 36.4 Å². The van der Waals surface area contributed by atoms with Gasteiger partial charge in [-0.2, -0.15) is 0 Å². The highest BCUT2D eigenvalue weighted by atomic mass is 35.5. The quantitative estimate of drug-likeness (QED) is 0.689. The molecule has 2 aliphatic rings. The van der Waals surface area contributed by atoms with Crippen molar-refractivity contribution in [1.82, 2.24) is 0 Å². The molecule has 0 bridgehead atoms. The second-order valence-corrected chi connectivity index (χ2v) is 6.11. The normalized spacial score (nSPS) is 17.0. The number of morpholine rings is 1. The molecule has 2 aromatic carbocycles. The highest BCUT2D eigenvalue weighted by Gasteiger charge is 2.30. The third-order valence-electron chi connectivity index (χ3n) is 4.34. The standard InChI is InChI=1S/C18H14ClNO3/c19-11-1-3-13-15(9-11)17(21)14-4-2-12(10-16(14)18(13)22)20-5-7-23-8-6-20/h1-4,9-10H,5-8H2. The number of hydrogen-bond donors (Lipinski definition) is 0. The highest BCUT2D eigenvalue weighted by Crippen LogP contribution is 2.31. The summed E-state index contributed by atoms with van der Waals surface area (Å²) in [5.41, 5.74) is 2.67. The molecule has 5 heteroatoms. The van der Waals surface area contributed by atoms with E-state index in [2.05, 4.69) is 4.90 Å². The molecule has 23 heavy (non-hydrogen) atoms. The van der Waals surface area contributed by atoms with E-state index >= 15 is 0 Å². The molecule has 1 aliphatic carbocycles. The molecule has 1 fully saturated rings. The van der Waals surface area contributed by atoms with Gasteiger partial charge >= 0.3 is 0 Å². The first-order valence-corrected chi connectivity index (χ1v) is 7.88. The van der Waals surface area contributed by atoms with Gasteiger partial charge in [-0.3, -0.25) is 9.59 Å². The summed E-state index contributed by atoms with van der Waals surface area (Å²) in [6.45, 7) is 2.91. The number of anilines is 1. The predicted molar refractivity (Wildman–Crippen MR) is 87.8 cm³/mol. The van der Waals surface area contributed by atoms with Crippen LogP contribution >= 0.6 is 11.6 Å². The Morgan fingerprint density at radius 3 is 2.13 bits per heavy atom. The lowest BCUT2D eigenvalue weighted by atomic mass is 9.84. The highest BCUT2D eigenvalue weighted by molar-refractivity contribution is 6.33. The molecular formula is C18H14ClNO3. The van der Waals surface area contributed by atoms with Crippen molar-refractivity contribution in [1.29, 1.82) is 0 Å². The summed E-state index contributed by atoms with van der Waals surface area (Å²) >= 11 is 5.96. The number of rotatable bonds is 1. The number of ketones is 2. The number of carbonyl (C=O) groups excluding carboxylic acids is 2. The maximum absolute atomic E-state index is 12.8. The molecule has 4 nitrogen and oxygen atoms in total. The molecule has 0 spiro atoms. The molecule has 1 aliphatic heterocycles. The Labute approximate surface area is 138 Å². The summed E-state index contributed by atoms with van der Waals surface area (Å²) in [5.74, 6) is -0.271. The largest absolute Gasteiger partial charge is 0.378 e. The molecule has 2 aromatic rings. The zero-order valence-electron chi connectivity index (χ0n) is 12.3. The lowest BCUT2D eigenvalue weighted by Gasteiger charge is -2.30. The van der Waals surface area contributed by atoms with E-state index in [4.69, 9.17) is 16.3 Å². The average molecular weight is 328 g/mol. The maximum atomic E-state index is 12.8. The van der Waals surface area contributed by atoms with E-state index in [1.807, 2.05) is 12.1 Å². The van der Waals surface area contributed by atoms with Crippen molar-refractivity contribution in [2.75, 3.05) is 31.2 Å². The van der Waals surface area contributed by atoms with E-state index < -0.39 is 0 Å². The van der Waals surface area contributed by atoms with Crippen LogP contribution < -0.4 is 4.90 Å². The molecule has 0 radical (unpaired) electrons. The second kappa shape index (κ2) is 5.48. The SMILES string of the molecule is O=C1c2ccc(N3CCOCC3)cc2C(=O)c2ccc(Cl)cc21. The molecule has 1 saturated heterocycles. The molecule has 0 N–H and O–H groups in total. The van der Waals surface area contributed by atoms with Crippen molar-refractivity contribution in [3.63, 3.8) is 0 Å². The lowest BCUT2D eigenvalue weighted by molar-refractivity contribution is 0.0979. The molecule has 4 rings (SSSR count). The molecule has 0 saturated carbocycles. The minimum Gasteiger partial charge on any atom is -0.378 e. The summed E-state index contributed by atoms with van der Waals surface area (Å²) in [7, 11) is 0. The maximum Gasteiger partial charge on any atom is 0.194 e. The summed E-state index contributed by atoms with van der Waals surface area (Å²) < 4.78 is 5.35. The van der Waals surface area contributed by atoms with E-state index in [0.29, 0.717) is 40.5 Å². The number of nitrogens with zero attached hydrogens (tertiary/aromatic N) is 1. The van der Waals surface area contributed by atoms with Crippen LogP contribution in [0.25, 0.3) is 0 Å². The second-order valence-electron chi connectivity index (χ2n) is 5.68.